The predicted molar refractivity (Wildman–Crippen MR) is 101 cm³/mol. The molecule has 0 saturated carbocycles. The number of Topliss-reactive ketones (excluding diaryl/α,β-unsaturated/α-hetero) is 1. The SMILES string of the molecule is CC(=O)c1cc2cc(C(C)c3cc4ccccc4s3)ccc2s1. The average Bonchev–Trinajstić information content (AvgIpc) is 3.17. The topological polar surface area (TPSA) is 17.1 Å². The molecule has 0 saturated heterocycles. The van der Waals surface area contributed by atoms with Gasteiger partial charge in [0.25, 0.3) is 0 Å². The fourth-order valence-corrected chi connectivity index (χ4v) is 4.97. The number of rotatable bonds is 3. The van der Waals surface area contributed by atoms with E-state index >= 15 is 0 Å². The van der Waals surface area contributed by atoms with Gasteiger partial charge in [0.05, 0.1) is 4.88 Å². The summed E-state index contributed by atoms with van der Waals surface area (Å²) in [6.07, 6.45) is 0. The number of hydrogen-bond acceptors (Lipinski definition) is 3. The van der Waals surface area contributed by atoms with Gasteiger partial charge in [0, 0.05) is 20.2 Å². The highest BCUT2D eigenvalue weighted by molar-refractivity contribution is 7.20. The Labute approximate surface area is 143 Å². The van der Waals surface area contributed by atoms with Crippen LogP contribution in [0, 0.1) is 0 Å². The van der Waals surface area contributed by atoms with Crippen molar-refractivity contribution in [3.8, 4) is 0 Å². The summed E-state index contributed by atoms with van der Waals surface area (Å²) < 4.78 is 2.52. The fraction of sp³-hybridized carbons (Fsp3) is 0.150. The van der Waals surface area contributed by atoms with Crippen molar-refractivity contribution in [1.82, 2.24) is 0 Å². The molecular formula is C20H16OS2. The number of thiophene rings is 2. The van der Waals surface area contributed by atoms with Crippen LogP contribution in [0.15, 0.2) is 54.6 Å². The second-order valence-electron chi connectivity index (χ2n) is 5.87. The summed E-state index contributed by atoms with van der Waals surface area (Å²) in [4.78, 5) is 13.8. The van der Waals surface area contributed by atoms with Crippen LogP contribution in [0.4, 0.5) is 0 Å². The van der Waals surface area contributed by atoms with Crippen LogP contribution >= 0.6 is 22.7 Å². The lowest BCUT2D eigenvalue weighted by Gasteiger charge is -2.09. The van der Waals surface area contributed by atoms with Crippen LogP contribution in [0.25, 0.3) is 20.2 Å². The Kier molecular flexibility index (Phi) is 3.55. The zero-order valence-electron chi connectivity index (χ0n) is 13.0. The maximum absolute atomic E-state index is 11.6. The van der Waals surface area contributed by atoms with Crippen molar-refractivity contribution in [2.75, 3.05) is 0 Å². The van der Waals surface area contributed by atoms with E-state index in [0.717, 1.165) is 4.88 Å². The van der Waals surface area contributed by atoms with Crippen molar-refractivity contribution in [1.29, 1.82) is 0 Å². The van der Waals surface area contributed by atoms with Gasteiger partial charge in [0.2, 0.25) is 0 Å². The highest BCUT2D eigenvalue weighted by Crippen LogP contribution is 2.36. The van der Waals surface area contributed by atoms with Crippen LogP contribution in [0.3, 0.4) is 0 Å². The van der Waals surface area contributed by atoms with E-state index in [-0.39, 0.29) is 5.78 Å². The fourth-order valence-electron chi connectivity index (χ4n) is 2.88. The molecule has 1 nitrogen and oxygen atoms in total. The average molecular weight is 336 g/mol. The summed E-state index contributed by atoms with van der Waals surface area (Å²) in [5.74, 6) is 0.503. The largest absolute Gasteiger partial charge is 0.294 e. The van der Waals surface area contributed by atoms with E-state index in [1.807, 2.05) is 17.4 Å². The first-order chi connectivity index (χ1) is 11.1. The van der Waals surface area contributed by atoms with E-state index in [9.17, 15) is 4.79 Å². The molecule has 2 aromatic heterocycles. The maximum Gasteiger partial charge on any atom is 0.169 e. The van der Waals surface area contributed by atoms with Gasteiger partial charge < -0.3 is 0 Å². The van der Waals surface area contributed by atoms with E-state index < -0.39 is 0 Å². The summed E-state index contributed by atoms with van der Waals surface area (Å²) >= 11 is 3.44. The smallest absolute Gasteiger partial charge is 0.169 e. The molecule has 0 fully saturated rings. The molecule has 3 heteroatoms. The first-order valence-electron chi connectivity index (χ1n) is 7.65. The van der Waals surface area contributed by atoms with E-state index in [1.165, 1.54) is 30.6 Å². The molecular weight excluding hydrogens is 320 g/mol. The maximum atomic E-state index is 11.6. The Hall–Kier alpha value is -1.97. The van der Waals surface area contributed by atoms with Crippen molar-refractivity contribution < 1.29 is 4.79 Å². The van der Waals surface area contributed by atoms with Gasteiger partial charge in [-0.15, -0.1) is 22.7 Å². The van der Waals surface area contributed by atoms with Crippen LogP contribution in [0.5, 0.6) is 0 Å². The van der Waals surface area contributed by atoms with Crippen LogP contribution in [-0.2, 0) is 0 Å². The zero-order valence-corrected chi connectivity index (χ0v) is 14.6. The molecule has 23 heavy (non-hydrogen) atoms. The van der Waals surface area contributed by atoms with Crippen LogP contribution in [0.2, 0.25) is 0 Å². The highest BCUT2D eigenvalue weighted by atomic mass is 32.1. The Morgan fingerprint density at radius 3 is 2.48 bits per heavy atom. The Bertz CT molecular complexity index is 989. The number of benzene rings is 2. The standard InChI is InChI=1S/C20H16OS2/c1-12(19-10-15-5-3-4-6-17(15)22-19)14-7-8-18-16(9-14)11-20(23-18)13(2)21/h3-12H,1-2H3. The Morgan fingerprint density at radius 1 is 0.913 bits per heavy atom. The van der Waals surface area contributed by atoms with Crippen molar-refractivity contribution in [3.05, 3.63) is 69.9 Å². The normalized spacial score (nSPS) is 12.8. The lowest BCUT2D eigenvalue weighted by molar-refractivity contribution is 0.102. The molecule has 4 aromatic rings. The molecule has 0 spiro atoms. The molecule has 0 N–H and O–H groups in total. The molecule has 114 valence electrons. The molecule has 0 aliphatic rings. The number of hydrogen-bond donors (Lipinski definition) is 0. The van der Waals surface area contributed by atoms with Gasteiger partial charge in [-0.25, -0.2) is 0 Å². The monoisotopic (exact) mass is 336 g/mol. The molecule has 2 heterocycles. The summed E-state index contributed by atoms with van der Waals surface area (Å²) in [6, 6.07) is 19.4. The van der Waals surface area contributed by atoms with Gasteiger partial charge in [-0.3, -0.25) is 4.79 Å². The minimum absolute atomic E-state index is 0.144. The molecule has 0 amide bonds. The lowest BCUT2D eigenvalue weighted by atomic mass is 9.98. The van der Waals surface area contributed by atoms with Crippen LogP contribution < -0.4 is 0 Å². The minimum Gasteiger partial charge on any atom is -0.294 e. The summed E-state index contributed by atoms with van der Waals surface area (Å²) in [6.45, 7) is 3.88. The second-order valence-corrected chi connectivity index (χ2v) is 8.07. The van der Waals surface area contributed by atoms with Gasteiger partial charge in [0.15, 0.2) is 5.78 Å². The van der Waals surface area contributed by atoms with Gasteiger partial charge in [-0.1, -0.05) is 31.2 Å². The van der Waals surface area contributed by atoms with Gasteiger partial charge in [-0.2, -0.15) is 0 Å². The van der Waals surface area contributed by atoms with Crippen LogP contribution in [0.1, 0.15) is 39.9 Å². The Balaban J connectivity index is 1.76. The number of carbonyl (C=O) groups is 1. The first kappa shape index (κ1) is 14.6. The molecule has 2 aromatic carbocycles. The molecule has 0 radical (unpaired) electrons. The van der Waals surface area contributed by atoms with E-state index in [4.69, 9.17) is 0 Å². The zero-order chi connectivity index (χ0) is 16.0. The third kappa shape index (κ3) is 2.60. The quantitative estimate of drug-likeness (QED) is 0.392. The molecule has 0 aliphatic heterocycles. The summed E-state index contributed by atoms with van der Waals surface area (Å²) in [5.41, 5.74) is 1.30. The highest BCUT2D eigenvalue weighted by Gasteiger charge is 2.14. The van der Waals surface area contributed by atoms with E-state index in [2.05, 4.69) is 55.5 Å². The molecule has 1 unspecified atom stereocenters. The van der Waals surface area contributed by atoms with E-state index in [0.29, 0.717) is 5.92 Å². The van der Waals surface area contributed by atoms with Gasteiger partial charge >= 0.3 is 0 Å². The number of fused-ring (bicyclic) bond motifs is 2. The molecule has 0 aliphatic carbocycles. The van der Waals surface area contributed by atoms with Gasteiger partial charge in [0.1, 0.15) is 0 Å². The van der Waals surface area contributed by atoms with Crippen LogP contribution in [-0.4, -0.2) is 5.78 Å². The summed E-state index contributed by atoms with van der Waals surface area (Å²) in [7, 11) is 0. The predicted octanol–water partition coefficient (Wildman–Crippen LogP) is 6.47. The third-order valence-electron chi connectivity index (χ3n) is 4.26. The molecule has 1 atom stereocenters. The number of ketones is 1. The summed E-state index contributed by atoms with van der Waals surface area (Å²) in [5, 5.41) is 2.49. The molecule has 0 bridgehead atoms. The van der Waals surface area contributed by atoms with Crippen molar-refractivity contribution in [2.24, 2.45) is 0 Å². The lowest BCUT2D eigenvalue weighted by Crippen LogP contribution is -1.92. The van der Waals surface area contributed by atoms with Crippen molar-refractivity contribution >= 4 is 48.6 Å². The van der Waals surface area contributed by atoms with Crippen molar-refractivity contribution in [3.63, 3.8) is 0 Å². The Morgan fingerprint density at radius 2 is 1.70 bits per heavy atom. The van der Waals surface area contributed by atoms with Crippen molar-refractivity contribution in [2.45, 2.75) is 19.8 Å². The minimum atomic E-state index is 0.144. The number of carbonyl (C=O) groups excluding carboxylic acids is 1. The molecule has 4 rings (SSSR count). The third-order valence-corrected chi connectivity index (χ3v) is 6.77. The van der Waals surface area contributed by atoms with E-state index in [1.54, 1.807) is 18.3 Å². The van der Waals surface area contributed by atoms with Gasteiger partial charge in [-0.05, 0) is 53.6 Å². The first-order valence-corrected chi connectivity index (χ1v) is 9.28. The second kappa shape index (κ2) is 5.59.